The van der Waals surface area contributed by atoms with Crippen LogP contribution >= 0.6 is 0 Å². The molecule has 2 heterocycles. The lowest BCUT2D eigenvalue weighted by molar-refractivity contribution is 0.863. The highest BCUT2D eigenvalue weighted by atomic mass is 15.0. The molecule has 1 nitrogen and oxygen atoms in total. The van der Waals surface area contributed by atoms with E-state index >= 15 is 0 Å². The van der Waals surface area contributed by atoms with E-state index in [0.29, 0.717) is 5.92 Å². The number of hydrogen-bond donors (Lipinski definition) is 0. The van der Waals surface area contributed by atoms with Crippen LogP contribution in [-0.2, 0) is 0 Å². The van der Waals surface area contributed by atoms with Gasteiger partial charge in [0.05, 0.1) is 0 Å². The molecule has 0 aliphatic carbocycles. The molecule has 0 radical (unpaired) electrons. The van der Waals surface area contributed by atoms with Gasteiger partial charge in [-0.05, 0) is 51.3 Å². The minimum atomic E-state index is 0.599. The molecule has 0 bridgehead atoms. The second kappa shape index (κ2) is 2.75. The Morgan fingerprint density at radius 1 is 0.929 bits per heavy atom. The molecule has 1 unspecified atom stereocenters. The van der Waals surface area contributed by atoms with Crippen LogP contribution in [0.2, 0.25) is 0 Å². The molecule has 14 heavy (non-hydrogen) atoms. The van der Waals surface area contributed by atoms with Crippen LogP contribution in [0.1, 0.15) is 49.2 Å². The van der Waals surface area contributed by atoms with E-state index in [-0.39, 0.29) is 0 Å². The molecule has 0 amide bonds. The van der Waals surface area contributed by atoms with Gasteiger partial charge < -0.3 is 4.57 Å². The second-order valence-corrected chi connectivity index (χ2v) is 4.55. The zero-order valence-electron chi connectivity index (χ0n) is 10.0. The first-order valence-electron chi connectivity index (χ1n) is 5.33. The predicted molar refractivity (Wildman–Crippen MR) is 61.6 cm³/mol. The summed E-state index contributed by atoms with van der Waals surface area (Å²) in [6.07, 6.45) is 0. The fraction of sp³-hybridized carbons (Fsp3) is 0.538. The monoisotopic (exact) mass is 189 g/mol. The van der Waals surface area contributed by atoms with Crippen LogP contribution in [0.15, 0.2) is 5.57 Å². The average molecular weight is 189 g/mol. The lowest BCUT2D eigenvalue weighted by Crippen LogP contribution is -1.96. The third kappa shape index (κ3) is 0.902. The molecule has 0 saturated carbocycles. The van der Waals surface area contributed by atoms with Gasteiger partial charge in [-0.2, -0.15) is 0 Å². The van der Waals surface area contributed by atoms with Crippen molar-refractivity contribution in [2.24, 2.45) is 0 Å². The Hall–Kier alpha value is -0.980. The molecule has 2 rings (SSSR count). The summed E-state index contributed by atoms with van der Waals surface area (Å²) in [5.41, 5.74) is 8.81. The van der Waals surface area contributed by atoms with E-state index in [9.17, 15) is 0 Å². The van der Waals surface area contributed by atoms with Crippen molar-refractivity contribution in [2.45, 2.75) is 47.5 Å². The van der Waals surface area contributed by atoms with E-state index in [0.717, 1.165) is 0 Å². The summed E-state index contributed by atoms with van der Waals surface area (Å²) < 4.78 is 2.44. The van der Waals surface area contributed by atoms with Crippen LogP contribution in [0.25, 0.3) is 5.70 Å². The fourth-order valence-corrected chi connectivity index (χ4v) is 2.62. The molecule has 76 valence electrons. The first-order valence-corrected chi connectivity index (χ1v) is 5.33. The van der Waals surface area contributed by atoms with Crippen molar-refractivity contribution < 1.29 is 0 Å². The quantitative estimate of drug-likeness (QED) is 0.585. The van der Waals surface area contributed by atoms with E-state index in [2.05, 4.69) is 46.1 Å². The van der Waals surface area contributed by atoms with Gasteiger partial charge in [0.2, 0.25) is 0 Å². The first-order chi connectivity index (χ1) is 6.46. The van der Waals surface area contributed by atoms with Crippen molar-refractivity contribution in [3.63, 3.8) is 0 Å². The summed E-state index contributed by atoms with van der Waals surface area (Å²) in [5, 5.41) is 0. The van der Waals surface area contributed by atoms with E-state index in [1.54, 1.807) is 0 Å². The number of fused-ring (bicyclic) bond motifs is 1. The van der Waals surface area contributed by atoms with Crippen LogP contribution in [0.5, 0.6) is 0 Å². The van der Waals surface area contributed by atoms with Crippen LogP contribution in [-0.4, -0.2) is 4.57 Å². The maximum atomic E-state index is 2.44. The van der Waals surface area contributed by atoms with Crippen molar-refractivity contribution in [3.05, 3.63) is 28.1 Å². The largest absolute Gasteiger partial charge is 0.321 e. The predicted octanol–water partition coefficient (Wildman–Crippen LogP) is 3.78. The van der Waals surface area contributed by atoms with Crippen LogP contribution in [0.4, 0.5) is 0 Å². The Morgan fingerprint density at radius 3 is 2.00 bits per heavy atom. The SMILES string of the molecule is CC1=C(C)n2c(C)c(C)c(C)c2C1C. The Kier molecular flexibility index (Phi) is 1.88. The normalized spacial score (nSPS) is 20.6. The zero-order valence-corrected chi connectivity index (χ0v) is 10.0. The third-order valence-electron chi connectivity index (χ3n) is 4.03. The Balaban J connectivity index is 2.79. The summed E-state index contributed by atoms with van der Waals surface area (Å²) in [4.78, 5) is 0. The highest BCUT2D eigenvalue weighted by molar-refractivity contribution is 5.63. The Labute approximate surface area is 86.4 Å². The fourth-order valence-electron chi connectivity index (χ4n) is 2.62. The second-order valence-electron chi connectivity index (χ2n) is 4.55. The van der Waals surface area contributed by atoms with Gasteiger partial charge in [0.25, 0.3) is 0 Å². The molecule has 0 fully saturated rings. The molecule has 1 heteroatoms. The molecular formula is C13H19N. The maximum absolute atomic E-state index is 2.44. The number of allylic oxidation sites excluding steroid dienone is 2. The van der Waals surface area contributed by atoms with Crippen LogP contribution < -0.4 is 0 Å². The van der Waals surface area contributed by atoms with Crippen molar-refractivity contribution >= 4 is 5.70 Å². The summed E-state index contributed by atoms with van der Waals surface area (Å²) in [6, 6.07) is 0. The minimum Gasteiger partial charge on any atom is -0.321 e. The van der Waals surface area contributed by atoms with Crippen molar-refractivity contribution in [3.8, 4) is 0 Å². The van der Waals surface area contributed by atoms with Gasteiger partial charge in [-0.15, -0.1) is 0 Å². The third-order valence-corrected chi connectivity index (χ3v) is 4.03. The average Bonchev–Trinajstić information content (AvgIpc) is 2.51. The van der Waals surface area contributed by atoms with Gasteiger partial charge in [0, 0.05) is 23.0 Å². The standard InChI is InChI=1S/C13H19N/c1-7-9(3)13-10(4)8(2)12(6)14(13)11(7)5/h9H,1-6H3. The van der Waals surface area contributed by atoms with Crippen molar-refractivity contribution in [1.29, 1.82) is 0 Å². The molecule has 1 aromatic rings. The topological polar surface area (TPSA) is 4.93 Å². The number of aromatic nitrogens is 1. The molecule has 0 saturated heterocycles. The minimum absolute atomic E-state index is 0.599. The van der Waals surface area contributed by atoms with Gasteiger partial charge in [0.1, 0.15) is 0 Å². The first kappa shape index (κ1) is 9.57. The summed E-state index contributed by atoms with van der Waals surface area (Å²) >= 11 is 0. The van der Waals surface area contributed by atoms with Gasteiger partial charge in [-0.25, -0.2) is 0 Å². The van der Waals surface area contributed by atoms with Gasteiger partial charge in [-0.1, -0.05) is 6.92 Å². The van der Waals surface area contributed by atoms with Gasteiger partial charge in [-0.3, -0.25) is 0 Å². The van der Waals surface area contributed by atoms with E-state index in [4.69, 9.17) is 0 Å². The molecular weight excluding hydrogens is 170 g/mol. The molecule has 0 aromatic carbocycles. The lowest BCUT2D eigenvalue weighted by Gasteiger charge is -2.06. The smallest absolute Gasteiger partial charge is 0.0327 e. The summed E-state index contributed by atoms with van der Waals surface area (Å²) in [7, 11) is 0. The van der Waals surface area contributed by atoms with Gasteiger partial charge >= 0.3 is 0 Å². The van der Waals surface area contributed by atoms with E-state index in [1.165, 1.54) is 33.8 Å². The molecule has 1 aliphatic heterocycles. The van der Waals surface area contributed by atoms with E-state index < -0.39 is 0 Å². The van der Waals surface area contributed by atoms with Crippen molar-refractivity contribution in [2.75, 3.05) is 0 Å². The molecule has 0 spiro atoms. The number of nitrogens with zero attached hydrogens (tertiary/aromatic N) is 1. The van der Waals surface area contributed by atoms with Crippen molar-refractivity contribution in [1.82, 2.24) is 4.57 Å². The molecule has 0 N–H and O–H groups in total. The molecule has 1 atom stereocenters. The summed E-state index contributed by atoms with van der Waals surface area (Å²) in [6.45, 7) is 13.5. The Bertz CT molecular complexity index is 433. The highest BCUT2D eigenvalue weighted by Crippen LogP contribution is 2.41. The Morgan fingerprint density at radius 2 is 1.50 bits per heavy atom. The number of rotatable bonds is 0. The molecule has 1 aromatic heterocycles. The summed E-state index contributed by atoms with van der Waals surface area (Å²) in [5.74, 6) is 0.599. The zero-order chi connectivity index (χ0) is 10.6. The molecule has 1 aliphatic rings. The van der Waals surface area contributed by atoms with Crippen LogP contribution in [0, 0.1) is 20.8 Å². The maximum Gasteiger partial charge on any atom is 0.0327 e. The van der Waals surface area contributed by atoms with E-state index in [1.807, 2.05) is 0 Å². The van der Waals surface area contributed by atoms with Crippen LogP contribution in [0.3, 0.4) is 0 Å². The highest BCUT2D eigenvalue weighted by Gasteiger charge is 2.28. The lowest BCUT2D eigenvalue weighted by atomic mass is 9.97. The van der Waals surface area contributed by atoms with Gasteiger partial charge in [0.15, 0.2) is 0 Å². The number of hydrogen-bond acceptors (Lipinski definition) is 0.